The van der Waals surface area contributed by atoms with Gasteiger partial charge in [0.2, 0.25) is 0 Å². The smallest absolute Gasteiger partial charge is 0.306 e. The van der Waals surface area contributed by atoms with Gasteiger partial charge in [-0.3, -0.25) is 14.4 Å². The highest BCUT2D eigenvalue weighted by Gasteiger charge is 2.19. The number of ether oxygens (including phenoxy) is 3. The largest absolute Gasteiger partial charge is 0.462 e. The zero-order valence-electron chi connectivity index (χ0n) is 39.7. The molecular weight excluding hydrogens is 721 g/mol. The second-order valence-corrected chi connectivity index (χ2v) is 18.8. The van der Waals surface area contributed by atoms with Gasteiger partial charge in [-0.25, -0.2) is 0 Å². The SMILES string of the molecule is CCCCCCCCCCCCCCCC(=O)O[C@@H](COC(=O)CCCCCCCCCCCCCC(C)C)COC(=O)CCCCCCCCCCCCC(C)C. The molecule has 0 aliphatic heterocycles. The van der Waals surface area contributed by atoms with Crippen LogP contribution in [0.1, 0.15) is 285 Å². The van der Waals surface area contributed by atoms with E-state index in [0.717, 1.165) is 69.6 Å². The second-order valence-electron chi connectivity index (χ2n) is 18.8. The normalized spacial score (nSPS) is 12.1. The molecule has 0 saturated carbocycles. The van der Waals surface area contributed by atoms with Crippen molar-refractivity contribution in [3.05, 3.63) is 0 Å². The van der Waals surface area contributed by atoms with E-state index < -0.39 is 6.10 Å². The Bertz CT molecular complexity index is 885. The lowest BCUT2D eigenvalue weighted by molar-refractivity contribution is -0.167. The molecule has 6 nitrogen and oxygen atoms in total. The first-order valence-corrected chi connectivity index (χ1v) is 25.7. The van der Waals surface area contributed by atoms with Crippen LogP contribution in [0.15, 0.2) is 0 Å². The van der Waals surface area contributed by atoms with Crippen LogP contribution in [0.3, 0.4) is 0 Å². The van der Waals surface area contributed by atoms with Gasteiger partial charge in [0.05, 0.1) is 0 Å². The number of rotatable bonds is 46. The van der Waals surface area contributed by atoms with Gasteiger partial charge in [-0.15, -0.1) is 0 Å². The van der Waals surface area contributed by atoms with Crippen molar-refractivity contribution in [2.45, 2.75) is 291 Å². The summed E-state index contributed by atoms with van der Waals surface area (Å²) in [6.07, 6.45) is 45.1. The van der Waals surface area contributed by atoms with Crippen LogP contribution in [-0.2, 0) is 28.6 Å². The quantitative estimate of drug-likeness (QED) is 0.0346. The van der Waals surface area contributed by atoms with Gasteiger partial charge in [0.25, 0.3) is 0 Å². The molecule has 0 aliphatic carbocycles. The van der Waals surface area contributed by atoms with Gasteiger partial charge >= 0.3 is 17.9 Å². The van der Waals surface area contributed by atoms with E-state index in [0.29, 0.717) is 19.3 Å². The molecule has 0 aromatic rings. The fraction of sp³-hybridized carbons (Fsp3) is 0.942. The van der Waals surface area contributed by atoms with Crippen molar-refractivity contribution >= 4 is 17.9 Å². The zero-order chi connectivity index (χ0) is 42.6. The van der Waals surface area contributed by atoms with Crippen molar-refractivity contribution in [1.82, 2.24) is 0 Å². The third-order valence-corrected chi connectivity index (χ3v) is 11.7. The van der Waals surface area contributed by atoms with E-state index in [1.165, 1.54) is 173 Å². The second kappa shape index (κ2) is 44.9. The highest BCUT2D eigenvalue weighted by molar-refractivity contribution is 5.71. The minimum Gasteiger partial charge on any atom is -0.462 e. The van der Waals surface area contributed by atoms with Crippen molar-refractivity contribution in [3.8, 4) is 0 Å². The van der Waals surface area contributed by atoms with Crippen LogP contribution in [0.4, 0.5) is 0 Å². The Balaban J connectivity index is 4.32. The standard InChI is InChI=1S/C52H100O6/c1-6-7-8-9-10-11-12-13-16-24-29-34-39-44-52(55)58-49(46-57-51(54)43-38-33-28-23-19-18-21-26-31-36-41-48(4)5)45-56-50(53)42-37-32-27-22-17-14-15-20-25-30-35-40-47(2)3/h47-49H,6-46H2,1-5H3/t49-/m0/s1. The molecule has 0 aromatic carbocycles. The Labute approximate surface area is 361 Å². The van der Waals surface area contributed by atoms with E-state index in [1.807, 2.05) is 0 Å². The molecule has 0 bridgehead atoms. The molecule has 0 saturated heterocycles. The van der Waals surface area contributed by atoms with Gasteiger partial charge in [0.1, 0.15) is 13.2 Å². The summed E-state index contributed by atoms with van der Waals surface area (Å²) in [5, 5.41) is 0. The van der Waals surface area contributed by atoms with Crippen LogP contribution in [0.5, 0.6) is 0 Å². The minimum absolute atomic E-state index is 0.0638. The summed E-state index contributed by atoms with van der Waals surface area (Å²) < 4.78 is 16.8. The van der Waals surface area contributed by atoms with E-state index in [1.54, 1.807) is 0 Å². The maximum absolute atomic E-state index is 12.8. The van der Waals surface area contributed by atoms with E-state index in [4.69, 9.17) is 14.2 Å². The Morgan fingerprint density at radius 1 is 0.328 bits per heavy atom. The predicted molar refractivity (Wildman–Crippen MR) is 247 cm³/mol. The van der Waals surface area contributed by atoms with E-state index >= 15 is 0 Å². The molecule has 0 rings (SSSR count). The Morgan fingerprint density at radius 3 is 0.845 bits per heavy atom. The average Bonchev–Trinajstić information content (AvgIpc) is 3.19. The summed E-state index contributed by atoms with van der Waals surface area (Å²) in [5.41, 5.74) is 0. The predicted octanol–water partition coefficient (Wildman–Crippen LogP) is 16.5. The molecule has 0 unspecified atom stereocenters. The molecule has 0 fully saturated rings. The van der Waals surface area contributed by atoms with Crippen molar-refractivity contribution in [2.75, 3.05) is 13.2 Å². The Kier molecular flexibility index (Phi) is 43.7. The number of hydrogen-bond acceptors (Lipinski definition) is 6. The molecule has 344 valence electrons. The van der Waals surface area contributed by atoms with Crippen LogP contribution < -0.4 is 0 Å². The Morgan fingerprint density at radius 2 is 0.569 bits per heavy atom. The van der Waals surface area contributed by atoms with Gasteiger partial charge in [0, 0.05) is 19.3 Å². The van der Waals surface area contributed by atoms with Crippen LogP contribution in [0.25, 0.3) is 0 Å². The van der Waals surface area contributed by atoms with Crippen LogP contribution in [0.2, 0.25) is 0 Å². The molecule has 0 aliphatic rings. The summed E-state index contributed by atoms with van der Waals surface area (Å²) in [5.74, 6) is 0.797. The number of esters is 3. The van der Waals surface area contributed by atoms with E-state index in [9.17, 15) is 14.4 Å². The number of hydrogen-bond donors (Lipinski definition) is 0. The monoisotopic (exact) mass is 821 g/mol. The fourth-order valence-electron chi connectivity index (χ4n) is 7.81. The van der Waals surface area contributed by atoms with Crippen molar-refractivity contribution in [2.24, 2.45) is 11.8 Å². The maximum Gasteiger partial charge on any atom is 0.306 e. The van der Waals surface area contributed by atoms with Crippen LogP contribution in [-0.4, -0.2) is 37.2 Å². The zero-order valence-corrected chi connectivity index (χ0v) is 39.7. The molecule has 0 spiro atoms. The van der Waals surface area contributed by atoms with Gasteiger partial charge in [-0.2, -0.15) is 0 Å². The first kappa shape index (κ1) is 56.4. The summed E-state index contributed by atoms with van der Waals surface area (Å²) in [4.78, 5) is 37.9. The third-order valence-electron chi connectivity index (χ3n) is 11.7. The van der Waals surface area contributed by atoms with Crippen molar-refractivity contribution in [3.63, 3.8) is 0 Å². The summed E-state index contributed by atoms with van der Waals surface area (Å²) in [7, 11) is 0. The van der Waals surface area contributed by atoms with Gasteiger partial charge in [-0.05, 0) is 31.1 Å². The summed E-state index contributed by atoms with van der Waals surface area (Å²) in [6.45, 7) is 11.4. The lowest BCUT2D eigenvalue weighted by atomic mass is 10.0. The van der Waals surface area contributed by atoms with E-state index in [-0.39, 0.29) is 31.1 Å². The fourth-order valence-corrected chi connectivity index (χ4v) is 7.81. The van der Waals surface area contributed by atoms with Gasteiger partial charge in [-0.1, -0.05) is 247 Å². The number of carbonyl (C=O) groups excluding carboxylic acids is 3. The molecular formula is C52H100O6. The molecule has 6 heteroatoms. The first-order chi connectivity index (χ1) is 28.2. The topological polar surface area (TPSA) is 78.9 Å². The summed E-state index contributed by atoms with van der Waals surface area (Å²) >= 11 is 0. The van der Waals surface area contributed by atoms with Crippen molar-refractivity contribution in [1.29, 1.82) is 0 Å². The molecule has 1 atom stereocenters. The highest BCUT2D eigenvalue weighted by Crippen LogP contribution is 2.17. The maximum atomic E-state index is 12.8. The summed E-state index contributed by atoms with van der Waals surface area (Å²) in [6, 6.07) is 0. The highest BCUT2D eigenvalue weighted by atomic mass is 16.6. The molecule has 58 heavy (non-hydrogen) atoms. The van der Waals surface area contributed by atoms with Crippen LogP contribution >= 0.6 is 0 Å². The minimum atomic E-state index is -0.761. The third kappa shape index (κ3) is 45.5. The van der Waals surface area contributed by atoms with Gasteiger partial charge in [0.15, 0.2) is 6.10 Å². The molecule has 0 aromatic heterocycles. The molecule has 0 amide bonds. The molecule has 0 N–H and O–H groups in total. The van der Waals surface area contributed by atoms with Crippen molar-refractivity contribution < 1.29 is 28.6 Å². The van der Waals surface area contributed by atoms with Gasteiger partial charge < -0.3 is 14.2 Å². The lowest BCUT2D eigenvalue weighted by Crippen LogP contribution is -2.30. The van der Waals surface area contributed by atoms with E-state index in [2.05, 4.69) is 34.6 Å². The first-order valence-electron chi connectivity index (χ1n) is 25.7. The molecule has 0 heterocycles. The van der Waals surface area contributed by atoms with Crippen LogP contribution in [0, 0.1) is 11.8 Å². The lowest BCUT2D eigenvalue weighted by Gasteiger charge is -2.18. The average molecular weight is 821 g/mol. The number of carbonyl (C=O) groups is 3. The molecule has 0 radical (unpaired) electrons. The Hall–Kier alpha value is -1.59. The number of unbranched alkanes of at least 4 members (excludes halogenated alkanes) is 31.